The van der Waals surface area contributed by atoms with E-state index in [4.69, 9.17) is 4.74 Å². The lowest BCUT2D eigenvalue weighted by Crippen LogP contribution is -2.38. The van der Waals surface area contributed by atoms with Crippen molar-refractivity contribution < 1.29 is 23.1 Å². The van der Waals surface area contributed by atoms with Gasteiger partial charge in [-0.05, 0) is 49.9 Å². The Hall–Kier alpha value is -1.64. The molecule has 2 rings (SSSR count). The number of benzene rings is 1. The molecule has 0 bridgehead atoms. The molecule has 0 aliphatic heterocycles. The van der Waals surface area contributed by atoms with Gasteiger partial charge in [-0.1, -0.05) is 0 Å². The highest BCUT2D eigenvalue weighted by Crippen LogP contribution is 2.21. The average molecular weight is 342 g/mol. The molecule has 0 radical (unpaired) electrons. The maximum absolute atomic E-state index is 12.3. The fraction of sp³-hybridized carbons (Fsp3) is 0.533. The molecule has 3 N–H and O–H groups in total. The van der Waals surface area contributed by atoms with Crippen LogP contribution in [0.25, 0.3) is 0 Å². The summed E-state index contributed by atoms with van der Waals surface area (Å²) in [7, 11) is -2.09. The summed E-state index contributed by atoms with van der Waals surface area (Å²) in [5, 5.41) is 11.9. The summed E-state index contributed by atoms with van der Waals surface area (Å²) < 4.78 is 32.6. The summed E-state index contributed by atoms with van der Waals surface area (Å²) >= 11 is 0. The molecule has 0 spiro atoms. The van der Waals surface area contributed by atoms with E-state index in [2.05, 4.69) is 10.0 Å². The molecule has 0 atom stereocenters. The van der Waals surface area contributed by atoms with Crippen LogP contribution in [0.3, 0.4) is 0 Å². The Morgan fingerprint density at radius 3 is 2.39 bits per heavy atom. The van der Waals surface area contributed by atoms with Gasteiger partial charge in [-0.3, -0.25) is 4.79 Å². The highest BCUT2D eigenvalue weighted by atomic mass is 32.2. The number of likely N-dealkylation sites (N-methyl/N-ethyl adjacent to an activating group) is 1. The van der Waals surface area contributed by atoms with Gasteiger partial charge in [0.2, 0.25) is 10.0 Å². The van der Waals surface area contributed by atoms with E-state index in [0.29, 0.717) is 31.4 Å². The van der Waals surface area contributed by atoms with Crippen LogP contribution in [0.15, 0.2) is 29.2 Å². The van der Waals surface area contributed by atoms with Gasteiger partial charge >= 0.3 is 0 Å². The fourth-order valence-electron chi connectivity index (χ4n) is 2.42. The minimum atomic E-state index is -3.60. The van der Waals surface area contributed by atoms with Crippen molar-refractivity contribution in [3.63, 3.8) is 0 Å². The standard InChI is InChI=1S/C15H22N2O5S/c1-16-15(19)10-22-13-6-8-14(9-7-13)23(20,21)17-11-2-4-12(18)5-3-11/h6-9,11-12,17-18H,2-5,10H2,1H3,(H,16,19). The molecule has 1 fully saturated rings. The molecule has 8 heteroatoms. The Bertz CT molecular complexity index is 622. The molecule has 1 aliphatic carbocycles. The van der Waals surface area contributed by atoms with Crippen LogP contribution in [0.1, 0.15) is 25.7 Å². The van der Waals surface area contributed by atoms with Crippen molar-refractivity contribution in [3.8, 4) is 5.75 Å². The van der Waals surface area contributed by atoms with Crippen LogP contribution >= 0.6 is 0 Å². The summed E-state index contributed by atoms with van der Waals surface area (Å²) in [6, 6.07) is 5.77. The first-order valence-corrected chi connectivity index (χ1v) is 9.03. The molecule has 1 aliphatic rings. The molecule has 1 amide bonds. The predicted octanol–water partition coefficient (Wildman–Crippen LogP) is 0.393. The summed E-state index contributed by atoms with van der Waals surface area (Å²) in [4.78, 5) is 11.2. The van der Waals surface area contributed by atoms with E-state index < -0.39 is 10.0 Å². The lowest BCUT2D eigenvalue weighted by molar-refractivity contribution is -0.122. The van der Waals surface area contributed by atoms with Gasteiger partial charge in [-0.15, -0.1) is 0 Å². The van der Waals surface area contributed by atoms with Gasteiger partial charge in [-0.25, -0.2) is 13.1 Å². The highest BCUT2D eigenvalue weighted by molar-refractivity contribution is 7.89. The number of hydrogen-bond donors (Lipinski definition) is 3. The summed E-state index contributed by atoms with van der Waals surface area (Å²) in [5.74, 6) is 0.163. The van der Waals surface area contributed by atoms with E-state index >= 15 is 0 Å². The Morgan fingerprint density at radius 1 is 1.22 bits per heavy atom. The number of carbonyl (C=O) groups excluding carboxylic acids is 1. The van der Waals surface area contributed by atoms with Gasteiger partial charge in [0.15, 0.2) is 6.61 Å². The maximum Gasteiger partial charge on any atom is 0.257 e. The monoisotopic (exact) mass is 342 g/mol. The van der Waals surface area contributed by atoms with Gasteiger partial charge in [0, 0.05) is 13.1 Å². The maximum atomic E-state index is 12.3. The van der Waals surface area contributed by atoms with Crippen LogP contribution in [0, 0.1) is 0 Å². The van der Waals surface area contributed by atoms with E-state index in [0.717, 1.165) is 0 Å². The van der Waals surface area contributed by atoms with E-state index in [-0.39, 0.29) is 29.6 Å². The Morgan fingerprint density at radius 2 is 1.83 bits per heavy atom. The zero-order valence-electron chi connectivity index (χ0n) is 13.0. The van der Waals surface area contributed by atoms with Crippen LogP contribution < -0.4 is 14.8 Å². The third-order valence-electron chi connectivity index (χ3n) is 3.80. The Labute approximate surface area is 136 Å². The van der Waals surface area contributed by atoms with E-state index in [1.165, 1.54) is 31.3 Å². The molecule has 128 valence electrons. The summed E-state index contributed by atoms with van der Waals surface area (Å²) in [6.07, 6.45) is 2.16. The third-order valence-corrected chi connectivity index (χ3v) is 5.34. The number of ether oxygens (including phenoxy) is 1. The van der Waals surface area contributed by atoms with Crippen molar-refractivity contribution in [2.45, 2.75) is 42.7 Å². The minimum absolute atomic E-state index is 0.120. The van der Waals surface area contributed by atoms with Crippen molar-refractivity contribution in [1.29, 1.82) is 0 Å². The molecule has 1 saturated carbocycles. The normalized spacial score (nSPS) is 21.7. The second-order valence-corrected chi connectivity index (χ2v) is 7.27. The van der Waals surface area contributed by atoms with Crippen LogP contribution in [-0.4, -0.2) is 45.2 Å². The number of rotatable bonds is 6. The number of aliphatic hydroxyl groups is 1. The van der Waals surface area contributed by atoms with E-state index in [1.807, 2.05) is 0 Å². The van der Waals surface area contributed by atoms with Crippen molar-refractivity contribution in [1.82, 2.24) is 10.0 Å². The van der Waals surface area contributed by atoms with Gasteiger partial charge in [0.1, 0.15) is 5.75 Å². The van der Waals surface area contributed by atoms with Gasteiger partial charge in [0.05, 0.1) is 11.0 Å². The smallest absolute Gasteiger partial charge is 0.257 e. The first-order valence-electron chi connectivity index (χ1n) is 7.54. The largest absolute Gasteiger partial charge is 0.484 e. The van der Waals surface area contributed by atoms with Crippen molar-refractivity contribution in [2.24, 2.45) is 0 Å². The predicted molar refractivity (Wildman–Crippen MR) is 84.6 cm³/mol. The van der Waals surface area contributed by atoms with E-state index in [9.17, 15) is 18.3 Å². The lowest BCUT2D eigenvalue weighted by atomic mass is 9.94. The number of aliphatic hydroxyl groups excluding tert-OH is 1. The van der Waals surface area contributed by atoms with Gasteiger partial charge in [-0.2, -0.15) is 0 Å². The Kier molecular flexibility index (Phi) is 5.97. The van der Waals surface area contributed by atoms with Gasteiger partial charge < -0.3 is 15.2 Å². The number of hydrogen-bond acceptors (Lipinski definition) is 5. The van der Waals surface area contributed by atoms with Crippen molar-refractivity contribution >= 4 is 15.9 Å². The molecular weight excluding hydrogens is 320 g/mol. The fourth-order valence-corrected chi connectivity index (χ4v) is 3.72. The number of amides is 1. The Balaban J connectivity index is 1.95. The summed E-state index contributed by atoms with van der Waals surface area (Å²) in [5.41, 5.74) is 0. The van der Waals surface area contributed by atoms with Crippen LogP contribution in [0.4, 0.5) is 0 Å². The number of sulfonamides is 1. The lowest BCUT2D eigenvalue weighted by Gasteiger charge is -2.25. The second-order valence-electron chi connectivity index (χ2n) is 5.56. The van der Waals surface area contributed by atoms with Gasteiger partial charge in [0.25, 0.3) is 5.91 Å². The molecule has 0 saturated heterocycles. The molecule has 0 unspecified atom stereocenters. The first kappa shape index (κ1) is 17.7. The quantitative estimate of drug-likeness (QED) is 0.694. The molecule has 7 nitrogen and oxygen atoms in total. The zero-order chi connectivity index (χ0) is 16.9. The van der Waals surface area contributed by atoms with Crippen LogP contribution in [0.2, 0.25) is 0 Å². The highest BCUT2D eigenvalue weighted by Gasteiger charge is 2.24. The first-order chi connectivity index (χ1) is 10.9. The molecule has 0 heterocycles. The van der Waals surface area contributed by atoms with Crippen LogP contribution in [-0.2, 0) is 14.8 Å². The van der Waals surface area contributed by atoms with Crippen molar-refractivity contribution in [3.05, 3.63) is 24.3 Å². The molecule has 1 aromatic rings. The average Bonchev–Trinajstić information content (AvgIpc) is 2.55. The molecular formula is C15H22N2O5S. The zero-order valence-corrected chi connectivity index (χ0v) is 13.8. The summed E-state index contributed by atoms with van der Waals surface area (Å²) in [6.45, 7) is -0.120. The molecule has 0 aromatic heterocycles. The minimum Gasteiger partial charge on any atom is -0.484 e. The third kappa shape index (κ3) is 5.19. The van der Waals surface area contributed by atoms with E-state index in [1.54, 1.807) is 0 Å². The topological polar surface area (TPSA) is 105 Å². The van der Waals surface area contributed by atoms with Crippen LogP contribution in [0.5, 0.6) is 5.75 Å². The molecule has 23 heavy (non-hydrogen) atoms. The number of carbonyl (C=O) groups is 1. The molecule has 1 aromatic carbocycles. The SMILES string of the molecule is CNC(=O)COc1ccc(S(=O)(=O)NC2CCC(O)CC2)cc1. The second kappa shape index (κ2) is 7.76. The number of nitrogens with one attached hydrogen (secondary N) is 2. The van der Waals surface area contributed by atoms with Crippen molar-refractivity contribution in [2.75, 3.05) is 13.7 Å².